The molecule has 0 saturated heterocycles. The molecule has 0 unspecified atom stereocenters. The van der Waals surface area contributed by atoms with Gasteiger partial charge in [0.25, 0.3) is 0 Å². The molecule has 0 aliphatic heterocycles. The molecular weight excluding hydrogens is 179 g/mol. The smallest absolute Gasteiger partial charge is 0.0351 e. The maximum Gasteiger partial charge on any atom is 0.0351 e. The van der Waals surface area contributed by atoms with E-state index in [4.69, 9.17) is 0 Å². The summed E-state index contributed by atoms with van der Waals surface area (Å²) in [6.45, 7) is 0. The van der Waals surface area contributed by atoms with Crippen LogP contribution in [0.2, 0.25) is 0 Å². The first kappa shape index (κ1) is 9.19. The number of methoxy groups -OCH3 is 1. The molecule has 0 heterocycles. The fraction of sp³-hybridized carbons (Fsp3) is 1.00. The van der Waals surface area contributed by atoms with E-state index in [2.05, 4.69) is 27.3 Å². The lowest BCUT2D eigenvalue weighted by molar-refractivity contribution is 0.277. The highest BCUT2D eigenvalue weighted by molar-refractivity contribution is 14.1. The van der Waals surface area contributed by atoms with Crippen LogP contribution in [0.25, 0.3) is 0 Å². The van der Waals surface area contributed by atoms with E-state index in [0.717, 1.165) is 0 Å². The Labute approximate surface area is 46.9 Å². The monoisotopic (exact) mass is 188 g/mol. The third-order valence-corrected chi connectivity index (χ3v) is 0. The van der Waals surface area contributed by atoms with Crippen LogP contribution in [0.4, 0.5) is 0 Å². The minimum absolute atomic E-state index is 1.62. The van der Waals surface area contributed by atoms with Gasteiger partial charge in [0.15, 0.2) is 0 Å². The van der Waals surface area contributed by atoms with Gasteiger partial charge in [0.05, 0.1) is 0 Å². The fourth-order valence-corrected chi connectivity index (χ4v) is 0. The predicted molar refractivity (Wildman–Crippen MR) is 32.9 cm³/mol. The Hall–Kier alpha value is 0.690. The molecule has 0 atom stereocenters. The normalized spacial score (nSPS) is 4.80. The van der Waals surface area contributed by atoms with Crippen molar-refractivity contribution >= 4 is 22.6 Å². The molecule has 5 heavy (non-hydrogen) atoms. The van der Waals surface area contributed by atoms with Crippen LogP contribution >= 0.6 is 22.6 Å². The molecule has 0 rings (SSSR count). The molecule has 0 aliphatic rings. The third kappa shape index (κ3) is 71.3. The SMILES string of the molecule is CI.COC. The summed E-state index contributed by atoms with van der Waals surface area (Å²) >= 11 is 2.15. The van der Waals surface area contributed by atoms with Gasteiger partial charge in [-0.2, -0.15) is 0 Å². The van der Waals surface area contributed by atoms with E-state index in [-0.39, 0.29) is 0 Å². The molecule has 2 heteroatoms. The van der Waals surface area contributed by atoms with Crippen molar-refractivity contribution in [3.05, 3.63) is 0 Å². The van der Waals surface area contributed by atoms with Gasteiger partial charge in [-0.15, -0.1) is 0 Å². The van der Waals surface area contributed by atoms with Crippen LogP contribution in [0.5, 0.6) is 0 Å². The van der Waals surface area contributed by atoms with Gasteiger partial charge in [-0.25, -0.2) is 0 Å². The molecule has 0 radical (unpaired) electrons. The topological polar surface area (TPSA) is 9.23 Å². The first-order chi connectivity index (χ1) is 2.41. The second-order valence-corrected chi connectivity index (χ2v) is 0.408. The largest absolute Gasteiger partial charge is 0.388 e. The summed E-state index contributed by atoms with van der Waals surface area (Å²) in [5.74, 6) is 0. The third-order valence-electron chi connectivity index (χ3n) is 0. The molecule has 0 bridgehead atoms. The lowest BCUT2D eigenvalue weighted by Crippen LogP contribution is -1.55. The van der Waals surface area contributed by atoms with E-state index in [1.165, 1.54) is 0 Å². The van der Waals surface area contributed by atoms with E-state index < -0.39 is 0 Å². The standard InChI is InChI=1S/C2H6O.CH3I/c1-3-2;1-2/h1-2H3;1H3. The molecule has 0 aromatic heterocycles. The Morgan fingerprint density at radius 2 is 1.20 bits per heavy atom. The quantitative estimate of drug-likeness (QED) is 0.411. The van der Waals surface area contributed by atoms with E-state index in [9.17, 15) is 0 Å². The summed E-state index contributed by atoms with van der Waals surface area (Å²) in [6, 6.07) is 0. The molecule has 0 aromatic rings. The van der Waals surface area contributed by atoms with Crippen molar-refractivity contribution in [2.24, 2.45) is 0 Å². The Balaban J connectivity index is 0. The predicted octanol–water partition coefficient (Wildman–Crippen LogP) is 1.31. The molecule has 0 spiro atoms. The number of halogens is 1. The first-order valence-corrected chi connectivity index (χ1v) is 3.35. The van der Waals surface area contributed by atoms with E-state index in [0.29, 0.717) is 0 Å². The van der Waals surface area contributed by atoms with Crippen molar-refractivity contribution in [3.8, 4) is 0 Å². The van der Waals surface area contributed by atoms with Gasteiger partial charge < -0.3 is 4.74 Å². The Bertz CT molecular complexity index is 6.85. The van der Waals surface area contributed by atoms with Gasteiger partial charge >= 0.3 is 0 Å². The number of hydrogen-bond acceptors (Lipinski definition) is 1. The molecule has 0 aromatic carbocycles. The lowest BCUT2D eigenvalue weighted by atomic mass is 11.6. The van der Waals surface area contributed by atoms with E-state index in [1.807, 2.05) is 4.93 Å². The maximum atomic E-state index is 4.25. The Morgan fingerprint density at radius 1 is 1.20 bits per heavy atom. The summed E-state index contributed by atoms with van der Waals surface area (Å²) < 4.78 is 4.25. The van der Waals surface area contributed by atoms with Crippen molar-refractivity contribution in [2.45, 2.75) is 0 Å². The van der Waals surface area contributed by atoms with Crippen molar-refractivity contribution in [1.82, 2.24) is 0 Å². The summed E-state index contributed by atoms with van der Waals surface area (Å²) in [5.41, 5.74) is 0. The summed E-state index contributed by atoms with van der Waals surface area (Å²) in [5, 5.41) is 0. The second-order valence-electron chi connectivity index (χ2n) is 0.408. The van der Waals surface area contributed by atoms with Crippen LogP contribution in [0, 0.1) is 0 Å². The van der Waals surface area contributed by atoms with Crippen LogP contribution in [0.15, 0.2) is 0 Å². The highest BCUT2D eigenvalue weighted by atomic mass is 127. The zero-order valence-corrected chi connectivity index (χ0v) is 5.94. The van der Waals surface area contributed by atoms with Gasteiger partial charge in [0, 0.05) is 14.2 Å². The maximum absolute atomic E-state index is 4.25. The van der Waals surface area contributed by atoms with E-state index in [1.54, 1.807) is 14.2 Å². The summed E-state index contributed by atoms with van der Waals surface area (Å²) in [6.07, 6.45) is 0. The minimum Gasteiger partial charge on any atom is -0.388 e. The van der Waals surface area contributed by atoms with Crippen molar-refractivity contribution < 1.29 is 4.74 Å². The van der Waals surface area contributed by atoms with Crippen LogP contribution in [-0.4, -0.2) is 19.2 Å². The van der Waals surface area contributed by atoms with Crippen molar-refractivity contribution in [3.63, 3.8) is 0 Å². The van der Waals surface area contributed by atoms with Crippen LogP contribution in [-0.2, 0) is 4.74 Å². The zero-order chi connectivity index (χ0) is 4.71. The van der Waals surface area contributed by atoms with Gasteiger partial charge in [0.2, 0.25) is 0 Å². The van der Waals surface area contributed by atoms with Gasteiger partial charge in [-0.05, 0) is 4.93 Å². The molecule has 1 nitrogen and oxygen atoms in total. The van der Waals surface area contributed by atoms with Crippen LogP contribution in [0.1, 0.15) is 0 Å². The highest BCUT2D eigenvalue weighted by Crippen LogP contribution is 1.48. The number of alkyl halides is 1. The number of rotatable bonds is 0. The molecule has 34 valence electrons. The molecule has 0 amide bonds. The van der Waals surface area contributed by atoms with Crippen molar-refractivity contribution in [2.75, 3.05) is 19.2 Å². The fourth-order valence-electron chi connectivity index (χ4n) is 0. The lowest BCUT2D eigenvalue weighted by Gasteiger charge is -1.61. The average Bonchev–Trinajstić information content (AvgIpc) is 1.46. The summed E-state index contributed by atoms with van der Waals surface area (Å²) in [4.78, 5) is 1.97. The number of hydrogen-bond donors (Lipinski definition) is 0. The average molecular weight is 188 g/mol. The summed E-state index contributed by atoms with van der Waals surface area (Å²) in [7, 11) is 3.25. The molecular formula is C3H9IO. The molecule has 0 saturated carbocycles. The van der Waals surface area contributed by atoms with Crippen LogP contribution < -0.4 is 0 Å². The molecule has 0 aliphatic carbocycles. The van der Waals surface area contributed by atoms with Gasteiger partial charge in [0.1, 0.15) is 0 Å². The molecule has 0 fully saturated rings. The number of ether oxygens (including phenoxy) is 1. The highest BCUT2D eigenvalue weighted by Gasteiger charge is 1.25. The van der Waals surface area contributed by atoms with Gasteiger partial charge in [-0.3, -0.25) is 0 Å². The van der Waals surface area contributed by atoms with Crippen molar-refractivity contribution in [1.29, 1.82) is 0 Å². The zero-order valence-electron chi connectivity index (χ0n) is 3.79. The Kier molecular flexibility index (Phi) is 41.1. The second kappa shape index (κ2) is 22.4. The Morgan fingerprint density at radius 3 is 1.20 bits per heavy atom. The minimum atomic E-state index is 1.62. The molecule has 0 N–H and O–H groups in total. The van der Waals surface area contributed by atoms with Crippen LogP contribution in [0.3, 0.4) is 0 Å². The first-order valence-electron chi connectivity index (χ1n) is 1.19. The van der Waals surface area contributed by atoms with Gasteiger partial charge in [-0.1, -0.05) is 22.6 Å². The van der Waals surface area contributed by atoms with E-state index >= 15 is 0 Å².